The van der Waals surface area contributed by atoms with E-state index in [2.05, 4.69) is 0 Å². The number of carboxylic acids is 1. The Labute approximate surface area is 107 Å². The molecule has 0 saturated carbocycles. The third-order valence-electron chi connectivity index (χ3n) is 2.43. The third kappa shape index (κ3) is 2.87. The lowest BCUT2D eigenvalue weighted by Crippen LogP contribution is -2.04. The summed E-state index contributed by atoms with van der Waals surface area (Å²) in [6.45, 7) is 1.62. The van der Waals surface area contributed by atoms with Gasteiger partial charge in [0.15, 0.2) is 5.06 Å². The number of carbonyl (C=O) groups is 1. The van der Waals surface area contributed by atoms with Crippen molar-refractivity contribution in [3.8, 4) is 10.8 Å². The lowest BCUT2D eigenvalue weighted by Gasteiger charge is -2.03. The minimum absolute atomic E-state index is 0.325. The average molecular weight is 266 g/mol. The highest BCUT2D eigenvalue weighted by atomic mass is 32.1. The standard InChI is InChI=1S/C13H11FO3S/c1-8(13(15)16)11-6-7-12(18-11)17-10-4-2-9(14)3-5-10/h2-8H,1H3,(H,15,16). The summed E-state index contributed by atoms with van der Waals surface area (Å²) in [5.41, 5.74) is 0. The van der Waals surface area contributed by atoms with E-state index >= 15 is 0 Å². The molecular formula is C13H11FO3S. The second kappa shape index (κ2) is 5.18. The van der Waals surface area contributed by atoms with Crippen LogP contribution in [0, 0.1) is 5.82 Å². The van der Waals surface area contributed by atoms with Crippen molar-refractivity contribution < 1.29 is 19.0 Å². The second-order valence-electron chi connectivity index (χ2n) is 3.77. The molecule has 0 aliphatic rings. The van der Waals surface area contributed by atoms with Gasteiger partial charge in [-0.15, -0.1) is 11.3 Å². The molecule has 1 aromatic carbocycles. The van der Waals surface area contributed by atoms with Crippen LogP contribution in [-0.4, -0.2) is 11.1 Å². The van der Waals surface area contributed by atoms with Crippen LogP contribution in [0.4, 0.5) is 4.39 Å². The molecule has 0 saturated heterocycles. The molecule has 5 heteroatoms. The fourth-order valence-electron chi connectivity index (χ4n) is 1.36. The van der Waals surface area contributed by atoms with Crippen LogP contribution >= 0.6 is 11.3 Å². The van der Waals surface area contributed by atoms with Gasteiger partial charge in [-0.25, -0.2) is 4.39 Å². The number of rotatable bonds is 4. The predicted molar refractivity (Wildman–Crippen MR) is 66.8 cm³/mol. The van der Waals surface area contributed by atoms with Gasteiger partial charge in [-0.1, -0.05) is 0 Å². The molecule has 1 heterocycles. The Morgan fingerprint density at radius 2 is 1.94 bits per heavy atom. The van der Waals surface area contributed by atoms with E-state index in [0.717, 1.165) is 4.88 Å². The van der Waals surface area contributed by atoms with E-state index in [9.17, 15) is 9.18 Å². The molecule has 0 fully saturated rings. The Bertz CT molecular complexity index is 548. The number of hydrogen-bond donors (Lipinski definition) is 1. The topological polar surface area (TPSA) is 46.5 Å². The Kier molecular flexibility index (Phi) is 3.62. The maximum absolute atomic E-state index is 12.7. The molecule has 0 bridgehead atoms. The number of benzene rings is 1. The molecule has 18 heavy (non-hydrogen) atoms. The van der Waals surface area contributed by atoms with Crippen LogP contribution in [0.25, 0.3) is 0 Å². The first-order valence-corrected chi connectivity index (χ1v) is 6.14. The summed E-state index contributed by atoms with van der Waals surface area (Å²) in [6, 6.07) is 9.10. The second-order valence-corrected chi connectivity index (χ2v) is 4.85. The Balaban J connectivity index is 2.11. The summed E-state index contributed by atoms with van der Waals surface area (Å²) in [5.74, 6) is -1.23. The lowest BCUT2D eigenvalue weighted by molar-refractivity contribution is -0.138. The van der Waals surface area contributed by atoms with E-state index in [4.69, 9.17) is 9.84 Å². The molecule has 2 rings (SSSR count). The number of thiophene rings is 1. The molecule has 1 atom stereocenters. The van der Waals surface area contributed by atoms with E-state index in [-0.39, 0.29) is 5.82 Å². The minimum atomic E-state index is -0.870. The van der Waals surface area contributed by atoms with E-state index in [1.807, 2.05) is 0 Å². The lowest BCUT2D eigenvalue weighted by atomic mass is 10.1. The van der Waals surface area contributed by atoms with Gasteiger partial charge in [0.25, 0.3) is 0 Å². The number of carboxylic acid groups (broad SMARTS) is 1. The van der Waals surface area contributed by atoms with E-state index in [1.165, 1.54) is 35.6 Å². The molecule has 0 aliphatic heterocycles. The molecule has 1 aromatic heterocycles. The van der Waals surface area contributed by atoms with Crippen molar-refractivity contribution in [2.24, 2.45) is 0 Å². The van der Waals surface area contributed by atoms with Gasteiger partial charge < -0.3 is 9.84 Å². The first kappa shape index (κ1) is 12.6. The van der Waals surface area contributed by atoms with Crippen LogP contribution in [0.3, 0.4) is 0 Å². The van der Waals surface area contributed by atoms with Gasteiger partial charge in [-0.05, 0) is 43.3 Å². The zero-order valence-corrected chi connectivity index (χ0v) is 10.4. The third-order valence-corrected chi connectivity index (χ3v) is 3.58. The van der Waals surface area contributed by atoms with Gasteiger partial charge in [-0.2, -0.15) is 0 Å². The Hall–Kier alpha value is -1.88. The van der Waals surface area contributed by atoms with Gasteiger partial charge in [0.2, 0.25) is 0 Å². The molecule has 1 unspecified atom stereocenters. The summed E-state index contributed by atoms with van der Waals surface area (Å²) < 4.78 is 18.2. The molecule has 3 nitrogen and oxygen atoms in total. The summed E-state index contributed by atoms with van der Waals surface area (Å²) >= 11 is 1.27. The molecule has 2 aromatic rings. The van der Waals surface area contributed by atoms with Crippen molar-refractivity contribution in [1.82, 2.24) is 0 Å². The minimum Gasteiger partial charge on any atom is -0.481 e. The molecule has 1 N–H and O–H groups in total. The molecule has 0 spiro atoms. The Morgan fingerprint density at radius 3 is 2.56 bits per heavy atom. The number of halogens is 1. The van der Waals surface area contributed by atoms with Crippen molar-refractivity contribution in [1.29, 1.82) is 0 Å². The summed E-state index contributed by atoms with van der Waals surface area (Å²) in [7, 11) is 0. The monoisotopic (exact) mass is 266 g/mol. The van der Waals surface area contributed by atoms with E-state index in [0.29, 0.717) is 10.8 Å². The molecule has 0 amide bonds. The highest BCUT2D eigenvalue weighted by molar-refractivity contribution is 7.14. The summed E-state index contributed by atoms with van der Waals surface area (Å²) in [6.07, 6.45) is 0. The van der Waals surface area contributed by atoms with Crippen LogP contribution < -0.4 is 4.74 Å². The first-order chi connectivity index (χ1) is 8.56. The highest BCUT2D eigenvalue weighted by Gasteiger charge is 2.16. The number of aliphatic carboxylic acids is 1. The SMILES string of the molecule is CC(C(=O)O)c1ccc(Oc2ccc(F)cc2)s1. The van der Waals surface area contributed by atoms with Crippen molar-refractivity contribution >= 4 is 17.3 Å². The zero-order valence-electron chi connectivity index (χ0n) is 9.59. The van der Waals surface area contributed by atoms with E-state index < -0.39 is 11.9 Å². The molecule has 94 valence electrons. The van der Waals surface area contributed by atoms with Gasteiger partial charge >= 0.3 is 5.97 Å². The fourth-order valence-corrected chi connectivity index (χ4v) is 2.28. The van der Waals surface area contributed by atoms with Crippen molar-refractivity contribution in [2.75, 3.05) is 0 Å². The van der Waals surface area contributed by atoms with Crippen molar-refractivity contribution in [2.45, 2.75) is 12.8 Å². The average Bonchev–Trinajstić information content (AvgIpc) is 2.79. The summed E-state index contributed by atoms with van der Waals surface area (Å²) in [4.78, 5) is 11.6. The van der Waals surface area contributed by atoms with Crippen LogP contribution in [0.2, 0.25) is 0 Å². The summed E-state index contributed by atoms with van der Waals surface area (Å²) in [5, 5.41) is 9.48. The smallest absolute Gasteiger partial charge is 0.311 e. The van der Waals surface area contributed by atoms with Crippen LogP contribution in [0.15, 0.2) is 36.4 Å². The molecule has 0 aliphatic carbocycles. The van der Waals surface area contributed by atoms with Crippen molar-refractivity contribution in [3.05, 3.63) is 47.1 Å². The quantitative estimate of drug-likeness (QED) is 0.913. The van der Waals surface area contributed by atoms with Crippen LogP contribution in [0.1, 0.15) is 17.7 Å². The largest absolute Gasteiger partial charge is 0.481 e. The predicted octanol–water partition coefficient (Wildman–Crippen LogP) is 3.87. The van der Waals surface area contributed by atoms with E-state index in [1.54, 1.807) is 19.1 Å². The van der Waals surface area contributed by atoms with Crippen LogP contribution in [-0.2, 0) is 4.79 Å². The highest BCUT2D eigenvalue weighted by Crippen LogP contribution is 2.33. The number of hydrogen-bond acceptors (Lipinski definition) is 3. The first-order valence-electron chi connectivity index (χ1n) is 5.32. The van der Waals surface area contributed by atoms with Gasteiger partial charge in [0.05, 0.1) is 5.92 Å². The van der Waals surface area contributed by atoms with Gasteiger partial charge in [-0.3, -0.25) is 4.79 Å². The fraction of sp³-hybridized carbons (Fsp3) is 0.154. The zero-order chi connectivity index (χ0) is 13.1. The number of ether oxygens (including phenoxy) is 1. The Morgan fingerprint density at radius 1 is 1.28 bits per heavy atom. The molecule has 0 radical (unpaired) electrons. The maximum Gasteiger partial charge on any atom is 0.311 e. The normalized spacial score (nSPS) is 12.1. The van der Waals surface area contributed by atoms with Crippen LogP contribution in [0.5, 0.6) is 10.8 Å². The van der Waals surface area contributed by atoms with Gasteiger partial charge in [0.1, 0.15) is 11.6 Å². The van der Waals surface area contributed by atoms with Gasteiger partial charge in [0, 0.05) is 4.88 Å². The maximum atomic E-state index is 12.7. The van der Waals surface area contributed by atoms with Crippen molar-refractivity contribution in [3.63, 3.8) is 0 Å². The molecular weight excluding hydrogens is 255 g/mol.